The van der Waals surface area contributed by atoms with Crippen molar-refractivity contribution in [1.29, 1.82) is 0 Å². The Hall–Kier alpha value is -10.5. The molecule has 0 amide bonds. The summed E-state index contributed by atoms with van der Waals surface area (Å²) < 4.78 is 22.4. The van der Waals surface area contributed by atoms with Gasteiger partial charge in [0.15, 0.2) is 0 Å². The summed E-state index contributed by atoms with van der Waals surface area (Å²) in [6.45, 7) is 27.1. The van der Waals surface area contributed by atoms with Gasteiger partial charge in [-0.3, -0.25) is 19.9 Å². The van der Waals surface area contributed by atoms with E-state index in [2.05, 4.69) is 295 Å². The number of hydrogen-bond acceptors (Lipinski definition) is 6. The zero-order chi connectivity index (χ0) is 71.3. The minimum absolute atomic E-state index is 0. The third kappa shape index (κ3) is 12.3. The first-order valence-electron chi connectivity index (χ1n) is 36.5. The van der Waals surface area contributed by atoms with Gasteiger partial charge in [0.1, 0.15) is 0 Å². The van der Waals surface area contributed by atoms with Crippen molar-refractivity contribution < 1.29 is 51.0 Å². The first-order chi connectivity index (χ1) is 50.6. The van der Waals surface area contributed by atoms with E-state index in [1.54, 1.807) is 0 Å². The van der Waals surface area contributed by atoms with Gasteiger partial charge in [-0.25, -0.2) is 0 Å². The van der Waals surface area contributed by atoms with E-state index < -0.39 is 0 Å². The largest absolute Gasteiger partial charge is 2.00 e. The summed E-state index contributed by atoms with van der Waals surface area (Å²) >= 11 is 0. The summed E-state index contributed by atoms with van der Waals surface area (Å²) in [5.41, 5.74) is 25.1. The molecule has 18 rings (SSSR count). The van der Waals surface area contributed by atoms with Gasteiger partial charge in [-0.2, -0.15) is 0 Å². The molecule has 18 aromatic rings. The molecule has 0 spiro atoms. The van der Waals surface area contributed by atoms with Gasteiger partial charge in [0.2, 0.25) is 22.9 Å². The topological polar surface area (TPSA) is 97.6 Å². The van der Waals surface area contributed by atoms with Gasteiger partial charge in [-0.1, -0.05) is 253 Å². The first kappa shape index (κ1) is 71.1. The van der Waals surface area contributed by atoms with Crippen LogP contribution in [-0.2, 0) is 42.1 Å². The molecule has 0 aliphatic heterocycles. The Balaban J connectivity index is 0.000000168. The maximum absolute atomic E-state index is 6.53. The summed E-state index contributed by atoms with van der Waals surface area (Å²) in [4.78, 5) is 20.4. The maximum Gasteiger partial charge on any atom is 2.00 e. The third-order valence-electron chi connectivity index (χ3n) is 20.6. The fourth-order valence-electron chi connectivity index (χ4n) is 15.7. The first-order valence-corrected chi connectivity index (χ1v) is 36.5. The van der Waals surface area contributed by atoms with Crippen molar-refractivity contribution in [3.05, 3.63) is 288 Å². The van der Waals surface area contributed by atoms with E-state index in [0.717, 1.165) is 121 Å². The van der Waals surface area contributed by atoms with Crippen molar-refractivity contribution in [3.8, 4) is 22.7 Å². The molecule has 0 aliphatic rings. The van der Waals surface area contributed by atoms with E-state index in [-0.39, 0.29) is 42.1 Å². The molecule has 10 nitrogen and oxygen atoms in total. The second-order valence-corrected chi connectivity index (χ2v) is 29.3. The van der Waals surface area contributed by atoms with E-state index in [0.29, 0.717) is 58.4 Å². The van der Waals surface area contributed by atoms with Crippen molar-refractivity contribution in [2.24, 2.45) is 0 Å². The standard InChI is InChI=1S/C50H46N4O.C44H34N4O.2Pt/c1-29(2)33-15-9-16-34(30(3)4)49(33)53-43-23-11-19-37-38-20-12-24-44-40(38)28-46(54(44)50-35(31(5)6)17-10-18-36(50)32(7)8)42-22-14-26-48(52-42)55-47-25-13-21-41(51-47)45(53)27-39(37)43;1-27(2)29-13-5-7-19-37(29)47-39-21-9-15-31-32-16-10-22-40-34(32)26-42(48(40)38-20-8-6-14-30(38)28(3)4)36-18-12-24-44(46-36)49-43-23-11-17-35(45-43)41(47)25-33(31)39;;/h9-26,29-32H,1-8H3;5-24,27-28H,1-4H3;;/q2*-2;2*+2. The van der Waals surface area contributed by atoms with Crippen LogP contribution in [0.15, 0.2) is 239 Å². The molecule has 0 saturated carbocycles. The molecule has 528 valence electrons. The number of para-hydroxylation sites is 4. The van der Waals surface area contributed by atoms with Gasteiger partial charge < -0.3 is 27.1 Å². The Labute approximate surface area is 645 Å². The van der Waals surface area contributed by atoms with E-state index in [1.807, 2.05) is 60.7 Å². The smallest absolute Gasteiger partial charge is 0.422 e. The summed E-state index contributed by atoms with van der Waals surface area (Å²) in [7, 11) is 0. The van der Waals surface area contributed by atoms with Gasteiger partial charge in [-0.05, 0) is 149 Å². The molecular formula is C94H80N8O2Pt2. The predicted octanol–water partition coefficient (Wildman–Crippen LogP) is 25.3. The van der Waals surface area contributed by atoms with Crippen molar-refractivity contribution >= 4 is 132 Å². The number of pyridine rings is 4. The Morgan fingerprint density at radius 2 is 0.472 bits per heavy atom. The Kier molecular flexibility index (Phi) is 19.3. The zero-order valence-corrected chi connectivity index (χ0v) is 66.0. The van der Waals surface area contributed by atoms with E-state index >= 15 is 0 Å². The predicted molar refractivity (Wildman–Crippen MR) is 431 cm³/mol. The Morgan fingerprint density at radius 1 is 0.245 bits per heavy atom. The van der Waals surface area contributed by atoms with Crippen LogP contribution in [0.1, 0.15) is 152 Å². The van der Waals surface area contributed by atoms with Gasteiger partial charge in [0, 0.05) is 44.8 Å². The van der Waals surface area contributed by atoms with Crippen molar-refractivity contribution in [2.45, 2.75) is 119 Å². The average molecular weight is 1740 g/mol. The van der Waals surface area contributed by atoms with E-state index in [4.69, 9.17) is 28.8 Å². The second kappa shape index (κ2) is 28.8. The normalized spacial score (nSPS) is 11.9. The molecule has 0 N–H and O–H groups in total. The van der Waals surface area contributed by atoms with Crippen LogP contribution in [-0.4, -0.2) is 38.2 Å². The van der Waals surface area contributed by atoms with Crippen LogP contribution in [0.3, 0.4) is 0 Å². The van der Waals surface area contributed by atoms with Crippen molar-refractivity contribution in [3.63, 3.8) is 0 Å². The number of nitrogens with zero attached hydrogens (tertiary/aromatic N) is 8. The van der Waals surface area contributed by atoms with Gasteiger partial charge in [0.05, 0.1) is 0 Å². The molecule has 0 radical (unpaired) electrons. The Bertz CT molecular complexity index is 6170. The van der Waals surface area contributed by atoms with Crippen LogP contribution in [0.25, 0.3) is 155 Å². The summed E-state index contributed by atoms with van der Waals surface area (Å²) in [6, 6.07) is 96.4. The molecule has 106 heavy (non-hydrogen) atoms. The molecule has 0 atom stereocenters. The molecule has 10 aromatic heterocycles. The second-order valence-electron chi connectivity index (χ2n) is 29.3. The SMILES string of the molecule is CC(C)c1cccc(C(C)C)c1-n1c2[c-]c3c(cccc31)c1cccc3c1[c-]c(c1cccc(n1)oc1cccc2n1)n3-c1c(C(C)C)cccc1C(C)C.CC(C)c1ccccc1-n1c2[c-]c3c(cccc31)c1cccc3c1[c-]c(c1cccc(n1)oc1cccc2n1)n3-c1ccccc1C(C)C.[Pt+2].[Pt+2]. The summed E-state index contributed by atoms with van der Waals surface area (Å²) in [5.74, 6) is 1.83. The molecule has 0 unspecified atom stereocenters. The van der Waals surface area contributed by atoms with Crippen LogP contribution in [0.4, 0.5) is 0 Å². The minimum atomic E-state index is 0. The van der Waals surface area contributed by atoms with Crippen molar-refractivity contribution in [1.82, 2.24) is 38.2 Å². The van der Waals surface area contributed by atoms with E-state index in [1.165, 1.54) is 44.8 Å². The van der Waals surface area contributed by atoms with Gasteiger partial charge in [-0.15, -0.1) is 91.6 Å². The summed E-state index contributed by atoms with van der Waals surface area (Å²) in [6.07, 6.45) is 0. The number of hydrogen-bond donors (Lipinski definition) is 0. The summed E-state index contributed by atoms with van der Waals surface area (Å²) in [5, 5.41) is 8.49. The van der Waals surface area contributed by atoms with E-state index in [9.17, 15) is 0 Å². The van der Waals surface area contributed by atoms with Gasteiger partial charge >= 0.3 is 42.1 Å². The fraction of sp³-hybridized carbons (Fsp3) is 0.191. The number of aromatic nitrogens is 8. The van der Waals surface area contributed by atoms with Crippen LogP contribution in [0, 0.1) is 24.3 Å². The molecule has 12 heteroatoms. The number of benzene rings is 8. The van der Waals surface area contributed by atoms with Crippen LogP contribution < -0.4 is 0 Å². The van der Waals surface area contributed by atoms with Crippen molar-refractivity contribution in [2.75, 3.05) is 0 Å². The quantitative estimate of drug-likeness (QED) is 0.127. The Morgan fingerprint density at radius 3 is 0.745 bits per heavy atom. The average Bonchev–Trinajstić information content (AvgIpc) is 1.57. The fourth-order valence-corrected chi connectivity index (χ4v) is 15.7. The monoisotopic (exact) mass is 1740 g/mol. The number of rotatable bonds is 10. The maximum atomic E-state index is 6.53. The van der Waals surface area contributed by atoms with Crippen LogP contribution >= 0.6 is 0 Å². The van der Waals surface area contributed by atoms with Gasteiger partial charge in [0.25, 0.3) is 0 Å². The molecule has 0 fully saturated rings. The minimum Gasteiger partial charge on any atom is -0.422 e. The third-order valence-corrected chi connectivity index (χ3v) is 20.6. The molecule has 10 heterocycles. The molecule has 0 aliphatic carbocycles. The molecular weight excluding hydrogens is 1660 g/mol. The van der Waals surface area contributed by atoms with Crippen LogP contribution in [0.5, 0.6) is 0 Å². The molecule has 0 saturated heterocycles. The zero-order valence-electron chi connectivity index (χ0n) is 61.4. The van der Waals surface area contributed by atoms with Crippen LogP contribution in [0.2, 0.25) is 0 Å². The molecule has 16 bridgehead atoms. The number of fused-ring (bicyclic) bond motifs is 18. The molecule has 8 aromatic carbocycles.